The Morgan fingerprint density at radius 3 is 1.14 bits per heavy atom. The first-order valence-corrected chi connectivity index (χ1v) is 25.9. The Labute approximate surface area is 367 Å². The minimum Gasteiger partial charge on any atom is -0.466 e. The van der Waals surface area contributed by atoms with Gasteiger partial charge in [0, 0.05) is 25.4 Å². The molecule has 0 aliphatic carbocycles. The topological polar surface area (TPSA) is 82.1 Å². The second-order valence-electron chi connectivity index (χ2n) is 18.5. The summed E-state index contributed by atoms with van der Waals surface area (Å²) in [4.78, 5) is 40.3. The highest BCUT2D eigenvalue weighted by atomic mass is 16.5. The van der Waals surface area contributed by atoms with Crippen LogP contribution in [0.5, 0.6) is 0 Å². The van der Waals surface area contributed by atoms with Crippen molar-refractivity contribution < 1.29 is 28.6 Å². The first kappa shape index (κ1) is 57.4. The quantitative estimate of drug-likeness (QED) is 0.0343. The van der Waals surface area contributed by atoms with E-state index in [1.807, 2.05) is 0 Å². The van der Waals surface area contributed by atoms with Crippen molar-refractivity contribution in [2.24, 2.45) is 17.8 Å². The van der Waals surface area contributed by atoms with E-state index in [-0.39, 0.29) is 23.8 Å². The Morgan fingerprint density at radius 1 is 0.407 bits per heavy atom. The summed E-state index contributed by atoms with van der Waals surface area (Å²) in [6, 6.07) is 0.485. The normalized spacial score (nSPS) is 12.3. The van der Waals surface area contributed by atoms with Gasteiger partial charge in [0.25, 0.3) is 0 Å². The first-order chi connectivity index (χ1) is 28.7. The van der Waals surface area contributed by atoms with Crippen LogP contribution in [0.4, 0.5) is 0 Å². The fraction of sp³-hybridized carbons (Fsp3) is 0.942. The molecule has 0 saturated carbocycles. The molecule has 0 rings (SSSR count). The summed E-state index contributed by atoms with van der Waals surface area (Å²) in [6.45, 7) is 16.0. The molecule has 0 aromatic heterocycles. The van der Waals surface area contributed by atoms with Gasteiger partial charge in [0.1, 0.15) is 0 Å². The zero-order valence-electron chi connectivity index (χ0n) is 40.6. The zero-order chi connectivity index (χ0) is 43.6. The lowest BCUT2D eigenvalue weighted by Gasteiger charge is -2.21. The van der Waals surface area contributed by atoms with E-state index in [4.69, 9.17) is 14.2 Å². The third-order valence-corrected chi connectivity index (χ3v) is 12.7. The Hall–Kier alpha value is -1.63. The number of esters is 3. The molecule has 59 heavy (non-hydrogen) atoms. The van der Waals surface area contributed by atoms with Gasteiger partial charge in [0.05, 0.1) is 25.7 Å². The minimum atomic E-state index is -0.0411. The third-order valence-electron chi connectivity index (χ3n) is 12.7. The van der Waals surface area contributed by atoms with Gasteiger partial charge in [-0.05, 0) is 77.7 Å². The standard InChI is InChI=1S/C52H101NO6/c1-8-12-23-32-47(33-24-13-9-2)40-44-57-50(54)38-29-21-17-16-19-27-36-49(52(56)59-43-31-42-53(7)46(5)6)37-28-20-18-22-30-39-51(55)58-45-41-48(34-25-14-10-3)35-26-15-11-4/h46-49H,8-45H2,1-7H3. The Kier molecular flexibility index (Phi) is 41.8. The highest BCUT2D eigenvalue weighted by Gasteiger charge is 2.20. The lowest BCUT2D eigenvalue weighted by Crippen LogP contribution is -2.28. The van der Waals surface area contributed by atoms with Crippen LogP contribution >= 0.6 is 0 Å². The van der Waals surface area contributed by atoms with Gasteiger partial charge < -0.3 is 19.1 Å². The molecular weight excluding hydrogens is 735 g/mol. The number of nitrogens with zero attached hydrogens (tertiary/aromatic N) is 1. The summed E-state index contributed by atoms with van der Waals surface area (Å²) in [7, 11) is 2.12. The van der Waals surface area contributed by atoms with Gasteiger partial charge in [-0.2, -0.15) is 0 Å². The van der Waals surface area contributed by atoms with Gasteiger partial charge in [-0.3, -0.25) is 14.4 Å². The summed E-state index contributed by atoms with van der Waals surface area (Å²) < 4.78 is 17.1. The Morgan fingerprint density at radius 2 is 0.763 bits per heavy atom. The van der Waals surface area contributed by atoms with Gasteiger partial charge in [-0.15, -0.1) is 0 Å². The van der Waals surface area contributed by atoms with Gasteiger partial charge in [0.15, 0.2) is 0 Å². The van der Waals surface area contributed by atoms with Crippen LogP contribution in [0.1, 0.15) is 260 Å². The van der Waals surface area contributed by atoms with E-state index in [2.05, 4.69) is 53.5 Å². The molecule has 0 aliphatic rings. The molecular formula is C52H101NO6. The molecule has 0 saturated heterocycles. The summed E-state index contributed by atoms with van der Waals surface area (Å²) >= 11 is 0. The monoisotopic (exact) mass is 836 g/mol. The van der Waals surface area contributed by atoms with Crippen molar-refractivity contribution in [2.45, 2.75) is 266 Å². The smallest absolute Gasteiger partial charge is 0.308 e. The van der Waals surface area contributed by atoms with Crippen LogP contribution in [0.25, 0.3) is 0 Å². The predicted molar refractivity (Wildman–Crippen MR) is 251 cm³/mol. The molecule has 0 aliphatic heterocycles. The van der Waals surface area contributed by atoms with Gasteiger partial charge >= 0.3 is 17.9 Å². The maximum Gasteiger partial charge on any atom is 0.308 e. The van der Waals surface area contributed by atoms with Crippen LogP contribution in [0, 0.1) is 17.8 Å². The number of carbonyl (C=O) groups is 3. The molecule has 0 heterocycles. The second-order valence-corrected chi connectivity index (χ2v) is 18.5. The van der Waals surface area contributed by atoms with Crippen molar-refractivity contribution in [3.8, 4) is 0 Å². The van der Waals surface area contributed by atoms with E-state index in [1.165, 1.54) is 103 Å². The highest BCUT2D eigenvalue weighted by Crippen LogP contribution is 2.24. The lowest BCUT2D eigenvalue weighted by atomic mass is 9.92. The van der Waals surface area contributed by atoms with Crippen molar-refractivity contribution in [2.75, 3.05) is 33.4 Å². The van der Waals surface area contributed by atoms with E-state index in [0.717, 1.165) is 109 Å². The average Bonchev–Trinajstić information content (AvgIpc) is 3.21. The largest absolute Gasteiger partial charge is 0.466 e. The molecule has 7 nitrogen and oxygen atoms in total. The van der Waals surface area contributed by atoms with Gasteiger partial charge in [-0.25, -0.2) is 0 Å². The second kappa shape index (κ2) is 43.0. The Bertz CT molecular complexity index is 920. The molecule has 1 atom stereocenters. The molecule has 350 valence electrons. The van der Waals surface area contributed by atoms with Gasteiger partial charge in [-0.1, -0.05) is 188 Å². The molecule has 0 aromatic carbocycles. The van der Waals surface area contributed by atoms with Crippen molar-refractivity contribution in [3.63, 3.8) is 0 Å². The summed E-state index contributed by atoms with van der Waals surface area (Å²) in [5, 5.41) is 0. The van der Waals surface area contributed by atoms with Crippen molar-refractivity contribution in [1.29, 1.82) is 0 Å². The number of carbonyl (C=O) groups excluding carboxylic acids is 3. The first-order valence-electron chi connectivity index (χ1n) is 25.9. The lowest BCUT2D eigenvalue weighted by molar-refractivity contribution is -0.149. The van der Waals surface area contributed by atoms with Crippen molar-refractivity contribution >= 4 is 17.9 Å². The van der Waals surface area contributed by atoms with Crippen molar-refractivity contribution in [3.05, 3.63) is 0 Å². The van der Waals surface area contributed by atoms with Crippen LogP contribution in [0.2, 0.25) is 0 Å². The number of ether oxygens (including phenoxy) is 3. The number of unbranched alkanes of at least 4 members (excludes halogenated alkanes) is 17. The van der Waals surface area contributed by atoms with E-state index < -0.39 is 0 Å². The maximum absolute atomic E-state index is 13.2. The van der Waals surface area contributed by atoms with Crippen LogP contribution in [0.15, 0.2) is 0 Å². The number of hydrogen-bond acceptors (Lipinski definition) is 7. The van der Waals surface area contributed by atoms with E-state index >= 15 is 0 Å². The van der Waals surface area contributed by atoms with Crippen LogP contribution in [-0.2, 0) is 28.6 Å². The molecule has 0 fully saturated rings. The van der Waals surface area contributed by atoms with E-state index in [0.29, 0.717) is 50.5 Å². The van der Waals surface area contributed by atoms with E-state index in [1.54, 1.807) is 0 Å². The number of hydrogen-bond donors (Lipinski definition) is 0. The fourth-order valence-electron chi connectivity index (χ4n) is 8.22. The molecule has 0 amide bonds. The van der Waals surface area contributed by atoms with E-state index in [9.17, 15) is 14.4 Å². The predicted octanol–water partition coefficient (Wildman–Crippen LogP) is 15.1. The summed E-state index contributed by atoms with van der Waals surface area (Å²) in [5.74, 6) is 1.25. The fourth-order valence-corrected chi connectivity index (χ4v) is 8.22. The molecule has 0 aromatic rings. The summed E-state index contributed by atoms with van der Waals surface area (Å²) in [5.41, 5.74) is 0. The minimum absolute atomic E-state index is 0.0235. The zero-order valence-corrected chi connectivity index (χ0v) is 40.6. The average molecular weight is 836 g/mol. The maximum atomic E-state index is 13.2. The Balaban J connectivity index is 4.43. The summed E-state index contributed by atoms with van der Waals surface area (Å²) in [6.07, 6.45) is 37.6. The number of rotatable bonds is 45. The molecule has 0 bridgehead atoms. The molecule has 0 radical (unpaired) electrons. The molecule has 7 heteroatoms. The third kappa shape index (κ3) is 37.8. The van der Waals surface area contributed by atoms with Gasteiger partial charge in [0.2, 0.25) is 0 Å². The van der Waals surface area contributed by atoms with Crippen LogP contribution in [0.3, 0.4) is 0 Å². The van der Waals surface area contributed by atoms with Crippen molar-refractivity contribution in [1.82, 2.24) is 4.90 Å². The molecule has 0 N–H and O–H groups in total. The van der Waals surface area contributed by atoms with Crippen LogP contribution in [-0.4, -0.2) is 62.3 Å². The SMILES string of the molecule is CCCCCC(CCCCC)CCOC(=O)CCCCCCCCC(CCCCCCCC(=O)OCCC(CCCCC)CCCCC)C(=O)OCCCN(C)C(C)C. The highest BCUT2D eigenvalue weighted by molar-refractivity contribution is 5.72. The molecule has 1 unspecified atom stereocenters. The molecule has 0 spiro atoms. The van der Waals surface area contributed by atoms with Crippen LogP contribution < -0.4 is 0 Å².